The van der Waals surface area contributed by atoms with E-state index in [4.69, 9.17) is 14.2 Å². The molecule has 2 atom stereocenters. The van der Waals surface area contributed by atoms with Gasteiger partial charge in [-0.25, -0.2) is 0 Å². The Bertz CT molecular complexity index is 422. The SMILES string of the molecule is CCOc1ccc(CN[C@@H]2CCO[C@@H](C)C2)cc1OC. The highest BCUT2D eigenvalue weighted by Crippen LogP contribution is 2.28. The van der Waals surface area contributed by atoms with Gasteiger partial charge in [0.1, 0.15) is 0 Å². The molecule has 0 aliphatic carbocycles. The monoisotopic (exact) mass is 279 g/mol. The summed E-state index contributed by atoms with van der Waals surface area (Å²) in [6, 6.07) is 6.65. The van der Waals surface area contributed by atoms with Crippen molar-refractivity contribution in [2.45, 2.75) is 45.4 Å². The van der Waals surface area contributed by atoms with Gasteiger partial charge in [-0.1, -0.05) is 6.07 Å². The number of ether oxygens (including phenoxy) is 3. The summed E-state index contributed by atoms with van der Waals surface area (Å²) in [5.41, 5.74) is 1.21. The van der Waals surface area contributed by atoms with Crippen LogP contribution in [0.2, 0.25) is 0 Å². The van der Waals surface area contributed by atoms with Gasteiger partial charge in [0.05, 0.1) is 19.8 Å². The lowest BCUT2D eigenvalue weighted by Gasteiger charge is -2.28. The van der Waals surface area contributed by atoms with Gasteiger partial charge in [-0.05, 0) is 44.4 Å². The van der Waals surface area contributed by atoms with Crippen LogP contribution in [0.1, 0.15) is 32.3 Å². The van der Waals surface area contributed by atoms with Crippen molar-refractivity contribution >= 4 is 0 Å². The topological polar surface area (TPSA) is 39.7 Å². The molecule has 0 bridgehead atoms. The lowest BCUT2D eigenvalue weighted by atomic mass is 10.0. The molecule has 112 valence electrons. The normalized spacial score (nSPS) is 22.6. The van der Waals surface area contributed by atoms with Crippen LogP contribution in [0.15, 0.2) is 18.2 Å². The van der Waals surface area contributed by atoms with Crippen LogP contribution in [0.3, 0.4) is 0 Å². The third-order valence-corrected chi connectivity index (χ3v) is 3.61. The Labute approximate surface area is 121 Å². The molecule has 1 heterocycles. The second-order valence-corrected chi connectivity index (χ2v) is 5.20. The Morgan fingerprint density at radius 2 is 2.20 bits per heavy atom. The van der Waals surface area contributed by atoms with E-state index < -0.39 is 0 Å². The quantitative estimate of drug-likeness (QED) is 0.869. The van der Waals surface area contributed by atoms with E-state index in [2.05, 4.69) is 18.3 Å². The average Bonchev–Trinajstić information content (AvgIpc) is 2.46. The van der Waals surface area contributed by atoms with Gasteiger partial charge in [0.2, 0.25) is 0 Å². The molecular formula is C16H25NO3. The molecule has 0 saturated carbocycles. The molecular weight excluding hydrogens is 254 g/mol. The maximum absolute atomic E-state index is 5.56. The summed E-state index contributed by atoms with van der Waals surface area (Å²) >= 11 is 0. The summed E-state index contributed by atoms with van der Waals surface area (Å²) in [4.78, 5) is 0. The zero-order chi connectivity index (χ0) is 14.4. The van der Waals surface area contributed by atoms with E-state index in [1.807, 2.05) is 19.1 Å². The summed E-state index contributed by atoms with van der Waals surface area (Å²) in [7, 11) is 1.68. The molecule has 1 aliphatic rings. The van der Waals surface area contributed by atoms with E-state index in [9.17, 15) is 0 Å². The van der Waals surface area contributed by atoms with Crippen molar-refractivity contribution in [2.24, 2.45) is 0 Å². The van der Waals surface area contributed by atoms with E-state index in [1.54, 1.807) is 7.11 Å². The fraction of sp³-hybridized carbons (Fsp3) is 0.625. The second kappa shape index (κ2) is 7.50. The van der Waals surface area contributed by atoms with Gasteiger partial charge < -0.3 is 19.5 Å². The summed E-state index contributed by atoms with van der Waals surface area (Å²) in [6.07, 6.45) is 2.52. The minimum absolute atomic E-state index is 0.358. The molecule has 4 nitrogen and oxygen atoms in total. The molecule has 0 spiro atoms. The fourth-order valence-corrected chi connectivity index (χ4v) is 2.54. The van der Waals surface area contributed by atoms with Gasteiger partial charge in [-0.15, -0.1) is 0 Å². The highest BCUT2D eigenvalue weighted by Gasteiger charge is 2.18. The Balaban J connectivity index is 1.92. The molecule has 0 unspecified atom stereocenters. The van der Waals surface area contributed by atoms with Crippen LogP contribution in [0.5, 0.6) is 11.5 Å². The van der Waals surface area contributed by atoms with Gasteiger partial charge in [-0.3, -0.25) is 0 Å². The van der Waals surface area contributed by atoms with Crippen molar-refractivity contribution in [2.75, 3.05) is 20.3 Å². The van der Waals surface area contributed by atoms with Crippen molar-refractivity contribution in [3.8, 4) is 11.5 Å². The summed E-state index contributed by atoms with van der Waals surface area (Å²) in [6.45, 7) is 6.45. The molecule has 4 heteroatoms. The smallest absolute Gasteiger partial charge is 0.161 e. The first-order chi connectivity index (χ1) is 9.72. The minimum atomic E-state index is 0.358. The number of rotatable bonds is 6. The Hall–Kier alpha value is -1.26. The first kappa shape index (κ1) is 15.1. The number of benzene rings is 1. The van der Waals surface area contributed by atoms with Crippen molar-refractivity contribution in [1.29, 1.82) is 0 Å². The molecule has 1 aromatic rings. The van der Waals surface area contributed by atoms with Crippen LogP contribution in [-0.4, -0.2) is 32.5 Å². The van der Waals surface area contributed by atoms with Crippen molar-refractivity contribution < 1.29 is 14.2 Å². The number of hydrogen-bond donors (Lipinski definition) is 1. The van der Waals surface area contributed by atoms with Crippen LogP contribution < -0.4 is 14.8 Å². The first-order valence-electron chi connectivity index (χ1n) is 7.37. The van der Waals surface area contributed by atoms with Crippen LogP contribution >= 0.6 is 0 Å². The Morgan fingerprint density at radius 3 is 2.90 bits per heavy atom. The fourth-order valence-electron chi connectivity index (χ4n) is 2.54. The lowest BCUT2D eigenvalue weighted by Crippen LogP contribution is -2.37. The van der Waals surface area contributed by atoms with Crippen LogP contribution in [0.25, 0.3) is 0 Å². The highest BCUT2D eigenvalue weighted by molar-refractivity contribution is 5.42. The van der Waals surface area contributed by atoms with Gasteiger partial charge >= 0.3 is 0 Å². The predicted molar refractivity (Wildman–Crippen MR) is 79.4 cm³/mol. The molecule has 2 rings (SSSR count). The lowest BCUT2D eigenvalue weighted by molar-refractivity contribution is 0.0130. The number of hydrogen-bond acceptors (Lipinski definition) is 4. The molecule has 1 aliphatic heterocycles. The second-order valence-electron chi connectivity index (χ2n) is 5.20. The summed E-state index contributed by atoms with van der Waals surface area (Å²) in [5.74, 6) is 1.60. The maximum Gasteiger partial charge on any atom is 0.161 e. The van der Waals surface area contributed by atoms with Gasteiger partial charge in [0.15, 0.2) is 11.5 Å². The molecule has 1 fully saturated rings. The molecule has 0 amide bonds. The Morgan fingerprint density at radius 1 is 1.35 bits per heavy atom. The van der Waals surface area contributed by atoms with E-state index >= 15 is 0 Å². The van der Waals surface area contributed by atoms with Gasteiger partial charge in [0.25, 0.3) is 0 Å². The van der Waals surface area contributed by atoms with Crippen LogP contribution in [0, 0.1) is 0 Å². The molecule has 0 aromatic heterocycles. The van der Waals surface area contributed by atoms with E-state index in [1.165, 1.54) is 5.56 Å². The Kier molecular flexibility index (Phi) is 5.68. The largest absolute Gasteiger partial charge is 0.493 e. The van der Waals surface area contributed by atoms with E-state index in [0.29, 0.717) is 18.8 Å². The molecule has 1 aromatic carbocycles. The van der Waals surface area contributed by atoms with Crippen LogP contribution in [0.4, 0.5) is 0 Å². The molecule has 0 radical (unpaired) electrons. The standard InChI is InChI=1S/C16H25NO3/c1-4-19-15-6-5-13(10-16(15)18-3)11-17-14-7-8-20-12(2)9-14/h5-6,10,12,14,17H,4,7-9,11H2,1-3H3/t12-,14+/m0/s1. The minimum Gasteiger partial charge on any atom is -0.493 e. The summed E-state index contributed by atoms with van der Waals surface area (Å²) in [5, 5.41) is 3.59. The zero-order valence-corrected chi connectivity index (χ0v) is 12.6. The van der Waals surface area contributed by atoms with Crippen LogP contribution in [-0.2, 0) is 11.3 Å². The third kappa shape index (κ3) is 4.12. The van der Waals surface area contributed by atoms with E-state index in [0.717, 1.165) is 37.5 Å². The molecule has 1 saturated heterocycles. The first-order valence-corrected chi connectivity index (χ1v) is 7.37. The number of methoxy groups -OCH3 is 1. The third-order valence-electron chi connectivity index (χ3n) is 3.61. The maximum atomic E-state index is 5.56. The van der Waals surface area contributed by atoms with Crippen molar-refractivity contribution in [1.82, 2.24) is 5.32 Å². The summed E-state index contributed by atoms with van der Waals surface area (Å²) < 4.78 is 16.5. The van der Waals surface area contributed by atoms with Gasteiger partial charge in [0, 0.05) is 19.2 Å². The zero-order valence-electron chi connectivity index (χ0n) is 12.6. The molecule has 1 N–H and O–H groups in total. The van der Waals surface area contributed by atoms with Crippen molar-refractivity contribution in [3.63, 3.8) is 0 Å². The van der Waals surface area contributed by atoms with Crippen molar-refractivity contribution in [3.05, 3.63) is 23.8 Å². The van der Waals surface area contributed by atoms with Gasteiger partial charge in [-0.2, -0.15) is 0 Å². The average molecular weight is 279 g/mol. The highest BCUT2D eigenvalue weighted by atomic mass is 16.5. The van der Waals surface area contributed by atoms with E-state index in [-0.39, 0.29) is 0 Å². The number of nitrogens with one attached hydrogen (secondary N) is 1. The predicted octanol–water partition coefficient (Wildman–Crippen LogP) is 2.75. The molecule has 20 heavy (non-hydrogen) atoms.